The number of aromatic nitrogens is 7. The molecule has 10 nitrogen and oxygen atoms in total. The van der Waals surface area contributed by atoms with Gasteiger partial charge >= 0.3 is 11.8 Å². The Morgan fingerprint density at radius 1 is 1.16 bits per heavy atom. The average Bonchev–Trinajstić information content (AvgIpc) is 3.58. The number of H-pyrrole nitrogens is 1. The Hall–Kier alpha value is -4.34. The summed E-state index contributed by atoms with van der Waals surface area (Å²) in [4.78, 5) is 27.5. The van der Waals surface area contributed by atoms with Crippen LogP contribution in [0.15, 0.2) is 59.5 Å². The Morgan fingerprint density at radius 3 is 2.88 bits per heavy atom. The van der Waals surface area contributed by atoms with Crippen molar-refractivity contribution in [2.24, 2.45) is 7.05 Å². The molecule has 0 radical (unpaired) electrons. The molecule has 158 valence electrons. The number of nitrogens with zero attached hydrogens (tertiary/aromatic N) is 7. The molecule has 10 heteroatoms. The minimum Gasteiger partial charge on any atom is -0.411 e. The Kier molecular flexibility index (Phi) is 4.10. The second-order valence-corrected chi connectivity index (χ2v) is 7.66. The highest BCUT2D eigenvalue weighted by atomic mass is 16.4. The minimum atomic E-state index is -0.465. The van der Waals surface area contributed by atoms with Crippen molar-refractivity contribution in [3.05, 3.63) is 78.1 Å². The lowest BCUT2D eigenvalue weighted by molar-refractivity contribution is 0.0647. The molecule has 0 aliphatic carbocycles. The van der Waals surface area contributed by atoms with Gasteiger partial charge in [0.05, 0.1) is 17.7 Å². The van der Waals surface area contributed by atoms with Crippen LogP contribution in [0.5, 0.6) is 0 Å². The molecule has 4 aromatic heterocycles. The van der Waals surface area contributed by atoms with Crippen molar-refractivity contribution < 1.29 is 9.21 Å². The van der Waals surface area contributed by atoms with E-state index in [0.717, 1.165) is 27.9 Å². The first-order valence-corrected chi connectivity index (χ1v) is 10.2. The maximum Gasteiger partial charge on any atom is 0.312 e. The van der Waals surface area contributed by atoms with Crippen LogP contribution in [0.25, 0.3) is 22.4 Å². The molecular formula is C22H18N8O2. The smallest absolute Gasteiger partial charge is 0.312 e. The van der Waals surface area contributed by atoms with Crippen molar-refractivity contribution in [2.45, 2.75) is 12.5 Å². The number of imidazole rings is 1. The first-order chi connectivity index (χ1) is 15.7. The molecule has 1 aromatic carbocycles. The van der Waals surface area contributed by atoms with Gasteiger partial charge in [0.2, 0.25) is 0 Å². The van der Waals surface area contributed by atoms with Gasteiger partial charge in [0.15, 0.2) is 0 Å². The first-order valence-electron chi connectivity index (χ1n) is 10.2. The fourth-order valence-corrected chi connectivity index (χ4v) is 4.11. The molecule has 1 aliphatic heterocycles. The third-order valence-corrected chi connectivity index (χ3v) is 5.66. The van der Waals surface area contributed by atoms with Crippen molar-refractivity contribution in [3.8, 4) is 11.6 Å². The maximum atomic E-state index is 13.5. The van der Waals surface area contributed by atoms with Gasteiger partial charge in [0.1, 0.15) is 11.7 Å². The van der Waals surface area contributed by atoms with E-state index in [1.807, 2.05) is 36.5 Å². The van der Waals surface area contributed by atoms with Crippen LogP contribution in [0, 0.1) is 0 Å². The highest BCUT2D eigenvalue weighted by molar-refractivity contribution is 5.90. The molecule has 1 aliphatic rings. The molecule has 0 saturated carbocycles. The number of fused-ring (bicyclic) bond motifs is 2. The Morgan fingerprint density at radius 2 is 2.03 bits per heavy atom. The Labute approximate surface area is 181 Å². The van der Waals surface area contributed by atoms with E-state index in [0.29, 0.717) is 18.7 Å². The average molecular weight is 426 g/mol. The molecule has 1 N–H and O–H groups in total. The van der Waals surface area contributed by atoms with Crippen LogP contribution in [-0.4, -0.2) is 52.3 Å². The van der Waals surface area contributed by atoms with Gasteiger partial charge < -0.3 is 14.3 Å². The number of nitrogens with one attached hydrogen (secondary N) is 1. The molecule has 6 rings (SSSR count). The summed E-state index contributed by atoms with van der Waals surface area (Å²) >= 11 is 0. The second-order valence-electron chi connectivity index (χ2n) is 7.66. The van der Waals surface area contributed by atoms with Crippen LogP contribution in [-0.2, 0) is 13.5 Å². The van der Waals surface area contributed by atoms with E-state index in [1.165, 1.54) is 0 Å². The number of pyridine rings is 1. The third kappa shape index (κ3) is 2.96. The topological polar surface area (TPSA) is 119 Å². The maximum absolute atomic E-state index is 13.5. The first kappa shape index (κ1) is 18.4. The van der Waals surface area contributed by atoms with Crippen LogP contribution in [0.2, 0.25) is 0 Å². The predicted molar refractivity (Wildman–Crippen MR) is 113 cm³/mol. The predicted octanol–water partition coefficient (Wildman–Crippen LogP) is 2.53. The number of aryl methyl sites for hydroxylation is 1. The summed E-state index contributed by atoms with van der Waals surface area (Å²) in [6.07, 6.45) is 5.89. The summed E-state index contributed by atoms with van der Waals surface area (Å²) in [6, 6.07) is 11.3. The van der Waals surface area contributed by atoms with Gasteiger partial charge in [-0.3, -0.25) is 14.5 Å². The van der Waals surface area contributed by atoms with Crippen LogP contribution in [0.3, 0.4) is 0 Å². The van der Waals surface area contributed by atoms with E-state index in [1.54, 1.807) is 35.2 Å². The van der Waals surface area contributed by atoms with E-state index < -0.39 is 6.04 Å². The zero-order valence-corrected chi connectivity index (χ0v) is 17.1. The number of amides is 1. The summed E-state index contributed by atoms with van der Waals surface area (Å²) in [6.45, 7) is 0.467. The summed E-state index contributed by atoms with van der Waals surface area (Å²) < 4.78 is 7.32. The van der Waals surface area contributed by atoms with Crippen molar-refractivity contribution in [1.82, 2.24) is 39.8 Å². The lowest BCUT2D eigenvalue weighted by Crippen LogP contribution is -2.41. The molecule has 0 unspecified atom stereocenters. The molecule has 0 saturated heterocycles. The molecule has 5 aromatic rings. The van der Waals surface area contributed by atoms with Gasteiger partial charge in [-0.05, 0) is 17.5 Å². The Balaban J connectivity index is 1.40. The van der Waals surface area contributed by atoms with Gasteiger partial charge in [-0.1, -0.05) is 24.3 Å². The van der Waals surface area contributed by atoms with Crippen LogP contribution in [0.1, 0.15) is 33.8 Å². The van der Waals surface area contributed by atoms with Crippen LogP contribution < -0.4 is 0 Å². The van der Waals surface area contributed by atoms with Crippen molar-refractivity contribution >= 4 is 16.7 Å². The van der Waals surface area contributed by atoms with E-state index >= 15 is 0 Å². The van der Waals surface area contributed by atoms with Crippen LogP contribution in [0.4, 0.5) is 0 Å². The number of carbonyl (C=O) groups excluding carboxylic acids is 1. The number of benzene rings is 1. The number of rotatable bonds is 3. The van der Waals surface area contributed by atoms with Gasteiger partial charge in [-0.2, -0.15) is 5.10 Å². The normalized spacial score (nSPS) is 15.8. The minimum absolute atomic E-state index is 0.0876. The van der Waals surface area contributed by atoms with Gasteiger partial charge in [-0.15, -0.1) is 10.2 Å². The lowest BCUT2D eigenvalue weighted by Gasteiger charge is -2.33. The fraction of sp³-hybridized carbons (Fsp3) is 0.182. The van der Waals surface area contributed by atoms with E-state index in [9.17, 15) is 4.79 Å². The molecular weight excluding hydrogens is 408 g/mol. The van der Waals surface area contributed by atoms with Crippen LogP contribution >= 0.6 is 0 Å². The molecule has 0 fully saturated rings. The van der Waals surface area contributed by atoms with Gasteiger partial charge in [-0.25, -0.2) is 4.98 Å². The summed E-state index contributed by atoms with van der Waals surface area (Å²) in [5, 5.41) is 14.3. The molecule has 32 heavy (non-hydrogen) atoms. The zero-order valence-electron chi connectivity index (χ0n) is 17.1. The Bertz CT molecular complexity index is 1450. The van der Waals surface area contributed by atoms with E-state index in [-0.39, 0.29) is 17.7 Å². The van der Waals surface area contributed by atoms with E-state index in [2.05, 4.69) is 30.2 Å². The SMILES string of the molecule is Cn1ccc(-c2nnc(C(=O)N3CCc4[nH]cnc4[C@H]3c3cc4ccccc4cn3)o2)n1. The number of carbonyl (C=O) groups is 1. The lowest BCUT2D eigenvalue weighted by atomic mass is 9.98. The monoisotopic (exact) mass is 426 g/mol. The summed E-state index contributed by atoms with van der Waals surface area (Å²) in [5.41, 5.74) is 3.01. The second kappa shape index (κ2) is 7.12. The van der Waals surface area contributed by atoms with Crippen molar-refractivity contribution in [1.29, 1.82) is 0 Å². The quantitative estimate of drug-likeness (QED) is 0.471. The zero-order chi connectivity index (χ0) is 21.7. The fourth-order valence-electron chi connectivity index (χ4n) is 4.11. The number of hydrogen-bond donors (Lipinski definition) is 1. The molecule has 1 atom stereocenters. The summed E-state index contributed by atoms with van der Waals surface area (Å²) in [7, 11) is 1.79. The highest BCUT2D eigenvalue weighted by Gasteiger charge is 2.37. The largest absolute Gasteiger partial charge is 0.411 e. The molecule has 0 spiro atoms. The summed E-state index contributed by atoms with van der Waals surface area (Å²) in [5.74, 6) is -0.254. The number of hydrogen-bond acceptors (Lipinski definition) is 7. The highest BCUT2D eigenvalue weighted by Crippen LogP contribution is 2.34. The van der Waals surface area contributed by atoms with Crippen molar-refractivity contribution in [2.75, 3.05) is 6.54 Å². The standard InChI is InChI=1S/C22H18N8O2/c1-29-8-6-16(28-29)20-26-27-21(32-20)22(31)30-9-7-15-18(25-12-24-15)19(30)17-10-13-4-2-3-5-14(13)11-23-17/h2-6,8,10-12,19H,7,9H2,1H3,(H,24,25)/t19-/m1/s1. The van der Waals surface area contributed by atoms with Crippen molar-refractivity contribution in [3.63, 3.8) is 0 Å². The van der Waals surface area contributed by atoms with Gasteiger partial charge in [0.25, 0.3) is 5.89 Å². The number of aromatic amines is 1. The molecule has 5 heterocycles. The van der Waals surface area contributed by atoms with E-state index in [4.69, 9.17) is 4.42 Å². The van der Waals surface area contributed by atoms with Gasteiger partial charge in [0, 0.05) is 43.5 Å². The third-order valence-electron chi connectivity index (χ3n) is 5.66. The molecule has 1 amide bonds. The molecule has 0 bridgehead atoms.